The fourth-order valence-corrected chi connectivity index (χ4v) is 3.46. The van der Waals surface area contributed by atoms with Crippen LogP contribution in [-0.2, 0) is 28.4 Å². The Labute approximate surface area is 186 Å². The van der Waals surface area contributed by atoms with Gasteiger partial charge in [-0.2, -0.15) is 0 Å². The number of hydrogen-bond acceptors (Lipinski definition) is 8. The molecule has 4 rings (SSSR count). The minimum atomic E-state index is -0.454. The zero-order valence-electron chi connectivity index (χ0n) is 18.0. The molecule has 0 amide bonds. The maximum absolute atomic E-state index is 12.6. The molecular weight excluding hydrogens is 416 g/mol. The Kier molecular flexibility index (Phi) is 8.06. The Morgan fingerprint density at radius 3 is 1.50 bits per heavy atom. The van der Waals surface area contributed by atoms with E-state index in [1.54, 1.807) is 24.3 Å². The summed E-state index contributed by atoms with van der Waals surface area (Å²) in [6.07, 6.45) is 0. The molecule has 2 aliphatic rings. The fraction of sp³-hybridized carbons (Fsp3) is 0.500. The Morgan fingerprint density at radius 1 is 0.688 bits per heavy atom. The lowest BCUT2D eigenvalue weighted by Gasteiger charge is -2.25. The van der Waals surface area contributed by atoms with Crippen molar-refractivity contribution in [3.8, 4) is 0 Å². The highest BCUT2D eigenvalue weighted by Crippen LogP contribution is 2.24. The van der Waals surface area contributed by atoms with Crippen LogP contribution in [-0.4, -0.2) is 78.0 Å². The Morgan fingerprint density at radius 2 is 1.12 bits per heavy atom. The molecule has 0 N–H and O–H groups in total. The first-order chi connectivity index (χ1) is 15.7. The van der Waals surface area contributed by atoms with Crippen LogP contribution in [0.3, 0.4) is 0 Å². The van der Waals surface area contributed by atoms with Crippen LogP contribution in [0.25, 0.3) is 10.8 Å². The summed E-state index contributed by atoms with van der Waals surface area (Å²) in [5, 5.41) is 1.28. The predicted molar refractivity (Wildman–Crippen MR) is 115 cm³/mol. The molecule has 32 heavy (non-hydrogen) atoms. The van der Waals surface area contributed by atoms with Crippen LogP contribution in [0, 0.1) is 11.8 Å². The van der Waals surface area contributed by atoms with Crippen molar-refractivity contribution in [2.75, 3.05) is 66.1 Å². The molecule has 2 saturated heterocycles. The fourth-order valence-electron chi connectivity index (χ4n) is 3.46. The van der Waals surface area contributed by atoms with Crippen molar-refractivity contribution < 1.29 is 38.0 Å². The van der Waals surface area contributed by atoms with Gasteiger partial charge in [-0.05, 0) is 22.9 Å². The number of benzene rings is 2. The number of rotatable bonds is 12. The molecule has 2 aromatic carbocycles. The highest BCUT2D eigenvalue weighted by molar-refractivity contribution is 6.11. The average molecular weight is 444 g/mol. The van der Waals surface area contributed by atoms with Gasteiger partial charge in [0.15, 0.2) is 0 Å². The molecule has 2 fully saturated rings. The lowest BCUT2D eigenvalue weighted by Crippen LogP contribution is -2.32. The molecule has 0 spiro atoms. The molecule has 2 aliphatic heterocycles. The third-order valence-corrected chi connectivity index (χ3v) is 5.41. The van der Waals surface area contributed by atoms with Crippen molar-refractivity contribution in [3.63, 3.8) is 0 Å². The van der Waals surface area contributed by atoms with E-state index in [2.05, 4.69) is 0 Å². The summed E-state index contributed by atoms with van der Waals surface area (Å²) < 4.78 is 31.9. The van der Waals surface area contributed by atoms with Crippen molar-refractivity contribution in [1.82, 2.24) is 0 Å². The van der Waals surface area contributed by atoms with Crippen LogP contribution in [0.2, 0.25) is 0 Å². The second kappa shape index (κ2) is 11.4. The van der Waals surface area contributed by atoms with Gasteiger partial charge in [0, 0.05) is 11.8 Å². The van der Waals surface area contributed by atoms with E-state index in [9.17, 15) is 9.59 Å². The van der Waals surface area contributed by atoms with Gasteiger partial charge in [0.1, 0.15) is 13.2 Å². The summed E-state index contributed by atoms with van der Waals surface area (Å²) >= 11 is 0. The van der Waals surface area contributed by atoms with Gasteiger partial charge >= 0.3 is 11.9 Å². The maximum atomic E-state index is 12.6. The van der Waals surface area contributed by atoms with E-state index in [1.165, 1.54) is 0 Å². The van der Waals surface area contributed by atoms with Gasteiger partial charge in [-0.1, -0.05) is 24.3 Å². The van der Waals surface area contributed by atoms with Gasteiger partial charge < -0.3 is 28.4 Å². The molecule has 0 aliphatic carbocycles. The minimum Gasteiger partial charge on any atom is -0.460 e. The summed E-state index contributed by atoms with van der Waals surface area (Å²) in [5.41, 5.74) is 0.797. The van der Waals surface area contributed by atoms with Crippen LogP contribution >= 0.6 is 0 Å². The summed E-state index contributed by atoms with van der Waals surface area (Å²) in [6, 6.07) is 10.4. The van der Waals surface area contributed by atoms with E-state index in [-0.39, 0.29) is 13.2 Å². The van der Waals surface area contributed by atoms with Crippen LogP contribution in [0.15, 0.2) is 36.4 Å². The Hall–Kier alpha value is -2.52. The lowest BCUT2D eigenvalue weighted by molar-refractivity contribution is -0.0755. The molecule has 8 nitrogen and oxygen atoms in total. The third kappa shape index (κ3) is 5.83. The monoisotopic (exact) mass is 444 g/mol. The third-order valence-electron chi connectivity index (χ3n) is 5.41. The normalized spacial score (nSPS) is 16.4. The predicted octanol–water partition coefficient (Wildman–Crippen LogP) is 2.48. The Balaban J connectivity index is 1.29. The van der Waals surface area contributed by atoms with Crippen molar-refractivity contribution in [2.45, 2.75) is 0 Å². The SMILES string of the molecule is O=C(OCCOCC1COC1)c1ccc(C(=O)OCCOCC2COC2)c2ccccc12. The van der Waals surface area contributed by atoms with Crippen LogP contribution in [0.1, 0.15) is 20.7 Å². The second-order valence-electron chi connectivity index (χ2n) is 7.93. The number of ether oxygens (including phenoxy) is 6. The highest BCUT2D eigenvalue weighted by Gasteiger charge is 2.20. The number of hydrogen-bond donors (Lipinski definition) is 0. The van der Waals surface area contributed by atoms with E-state index in [0.29, 0.717) is 60.2 Å². The molecule has 0 aromatic heterocycles. The summed E-state index contributed by atoms with van der Waals surface area (Å²) in [6.45, 7) is 5.12. The molecule has 0 atom stereocenters. The number of esters is 2. The summed E-state index contributed by atoms with van der Waals surface area (Å²) in [5.74, 6) is -0.0353. The van der Waals surface area contributed by atoms with Gasteiger partial charge in [0.25, 0.3) is 0 Å². The standard InChI is InChI=1S/C24H28O8/c25-23(31-9-7-27-11-17-13-29-14-17)21-5-6-22(20-4-2-1-3-19(20)21)24(26)32-10-8-28-12-18-15-30-16-18/h1-6,17-18H,7-16H2. The Bertz CT molecular complexity index is 845. The maximum Gasteiger partial charge on any atom is 0.338 e. The molecule has 0 bridgehead atoms. The van der Waals surface area contributed by atoms with Crippen molar-refractivity contribution in [3.05, 3.63) is 47.5 Å². The molecule has 2 aromatic rings. The van der Waals surface area contributed by atoms with E-state index >= 15 is 0 Å². The van der Waals surface area contributed by atoms with Gasteiger partial charge in [-0.15, -0.1) is 0 Å². The van der Waals surface area contributed by atoms with Crippen LogP contribution in [0.4, 0.5) is 0 Å². The average Bonchev–Trinajstić information content (AvgIpc) is 2.74. The molecule has 0 radical (unpaired) electrons. The van der Waals surface area contributed by atoms with Gasteiger partial charge in [-0.3, -0.25) is 0 Å². The first kappa shape index (κ1) is 22.7. The first-order valence-corrected chi connectivity index (χ1v) is 10.9. The molecule has 8 heteroatoms. The molecule has 172 valence electrons. The molecule has 2 heterocycles. The number of fused-ring (bicyclic) bond motifs is 1. The van der Waals surface area contributed by atoms with Crippen LogP contribution in [0.5, 0.6) is 0 Å². The summed E-state index contributed by atoms with van der Waals surface area (Å²) in [4.78, 5) is 25.2. The summed E-state index contributed by atoms with van der Waals surface area (Å²) in [7, 11) is 0. The van der Waals surface area contributed by atoms with Crippen molar-refractivity contribution in [2.24, 2.45) is 11.8 Å². The largest absolute Gasteiger partial charge is 0.460 e. The van der Waals surface area contributed by atoms with E-state index in [4.69, 9.17) is 28.4 Å². The van der Waals surface area contributed by atoms with E-state index in [0.717, 1.165) is 26.4 Å². The zero-order valence-corrected chi connectivity index (χ0v) is 18.0. The van der Waals surface area contributed by atoms with Crippen molar-refractivity contribution in [1.29, 1.82) is 0 Å². The van der Waals surface area contributed by atoms with Gasteiger partial charge in [0.05, 0.1) is 64.0 Å². The zero-order chi connectivity index (χ0) is 22.2. The topological polar surface area (TPSA) is 89.5 Å². The van der Waals surface area contributed by atoms with Crippen molar-refractivity contribution >= 4 is 22.7 Å². The van der Waals surface area contributed by atoms with E-state index in [1.807, 2.05) is 12.1 Å². The van der Waals surface area contributed by atoms with Gasteiger partial charge in [0.2, 0.25) is 0 Å². The molecule has 0 saturated carbocycles. The van der Waals surface area contributed by atoms with E-state index < -0.39 is 11.9 Å². The first-order valence-electron chi connectivity index (χ1n) is 10.9. The number of carbonyl (C=O) groups is 2. The second-order valence-corrected chi connectivity index (χ2v) is 7.93. The van der Waals surface area contributed by atoms with Crippen LogP contribution < -0.4 is 0 Å². The lowest BCUT2D eigenvalue weighted by atomic mass is 9.99. The minimum absolute atomic E-state index is 0.164. The quantitative estimate of drug-likeness (QED) is 0.364. The van der Waals surface area contributed by atoms with Gasteiger partial charge in [-0.25, -0.2) is 9.59 Å². The highest BCUT2D eigenvalue weighted by atomic mass is 16.6. The molecule has 0 unspecified atom stereocenters. The number of carbonyl (C=O) groups excluding carboxylic acids is 2. The smallest absolute Gasteiger partial charge is 0.338 e. The molecular formula is C24H28O8.